The molecule has 0 unspecified atom stereocenters. The second-order valence-electron chi connectivity index (χ2n) is 3.49. The van der Waals surface area contributed by atoms with Gasteiger partial charge in [-0.3, -0.25) is 0 Å². The Morgan fingerprint density at radius 2 is 2.18 bits per heavy atom. The molecule has 0 radical (unpaired) electrons. The molecule has 2 atom stereocenters. The number of hydrogen-bond acceptors (Lipinski definition) is 3. The van der Waals surface area contributed by atoms with Crippen LogP contribution in [0.3, 0.4) is 0 Å². The van der Waals surface area contributed by atoms with Gasteiger partial charge in [0.15, 0.2) is 0 Å². The average Bonchev–Trinajstić information content (AvgIpc) is 1.97. The summed E-state index contributed by atoms with van der Waals surface area (Å²) in [5.41, 5.74) is 0.940. The molecular formula is C8H16N2O. The molecule has 1 heterocycles. The van der Waals surface area contributed by atoms with E-state index < -0.39 is 0 Å². The zero-order chi connectivity index (χ0) is 8.43. The Bertz CT molecular complexity index is 167. The second-order valence-corrected chi connectivity index (χ2v) is 3.49. The minimum atomic E-state index is 0.404. The van der Waals surface area contributed by atoms with Gasteiger partial charge >= 0.3 is 0 Å². The van der Waals surface area contributed by atoms with Crippen molar-refractivity contribution >= 4 is 5.71 Å². The quantitative estimate of drug-likeness (QED) is 0.422. The Kier molecular flexibility index (Phi) is 2.49. The molecule has 3 nitrogen and oxygen atoms in total. The Labute approximate surface area is 67.7 Å². The van der Waals surface area contributed by atoms with E-state index in [1.165, 1.54) is 0 Å². The first-order chi connectivity index (χ1) is 5.15. The summed E-state index contributed by atoms with van der Waals surface area (Å²) in [5.74, 6) is 0.404. The molecule has 0 aromatic carbocycles. The van der Waals surface area contributed by atoms with Crippen LogP contribution in [0.1, 0.15) is 20.3 Å². The molecule has 0 amide bonds. The first-order valence-electron chi connectivity index (χ1n) is 4.06. The van der Waals surface area contributed by atoms with Crippen LogP contribution in [0.15, 0.2) is 5.16 Å². The zero-order valence-corrected chi connectivity index (χ0v) is 7.41. The molecule has 1 saturated heterocycles. The Morgan fingerprint density at radius 1 is 1.55 bits per heavy atom. The minimum absolute atomic E-state index is 0.404. The lowest BCUT2D eigenvalue weighted by atomic mass is 9.93. The molecule has 0 saturated carbocycles. The van der Waals surface area contributed by atoms with E-state index in [0.29, 0.717) is 12.0 Å². The van der Waals surface area contributed by atoms with Crippen molar-refractivity contribution in [1.82, 2.24) is 4.90 Å². The number of oxime groups is 1. The third-order valence-corrected chi connectivity index (χ3v) is 2.52. The Hall–Kier alpha value is -0.570. The summed E-state index contributed by atoms with van der Waals surface area (Å²) in [6.45, 7) is 5.25. The van der Waals surface area contributed by atoms with Crippen molar-refractivity contribution in [2.24, 2.45) is 11.1 Å². The fourth-order valence-electron chi connectivity index (χ4n) is 1.52. The molecule has 1 N–H and O–H groups in total. The van der Waals surface area contributed by atoms with Crippen LogP contribution in [0, 0.1) is 5.92 Å². The maximum absolute atomic E-state index is 8.63. The van der Waals surface area contributed by atoms with E-state index in [4.69, 9.17) is 5.21 Å². The van der Waals surface area contributed by atoms with Crippen molar-refractivity contribution in [3.05, 3.63) is 0 Å². The molecule has 11 heavy (non-hydrogen) atoms. The van der Waals surface area contributed by atoms with Gasteiger partial charge in [-0.1, -0.05) is 12.1 Å². The molecule has 3 heteroatoms. The van der Waals surface area contributed by atoms with Gasteiger partial charge in [-0.25, -0.2) is 0 Å². The third-order valence-electron chi connectivity index (χ3n) is 2.52. The van der Waals surface area contributed by atoms with Crippen LogP contribution < -0.4 is 0 Å². The maximum atomic E-state index is 8.63. The third kappa shape index (κ3) is 1.71. The highest BCUT2D eigenvalue weighted by molar-refractivity contribution is 5.87. The van der Waals surface area contributed by atoms with E-state index in [1.807, 2.05) is 0 Å². The SMILES string of the molecule is C[C@@H]1CN(C)[C@@H](C)C/C1=N\O. The molecule has 1 aliphatic heterocycles. The van der Waals surface area contributed by atoms with E-state index in [1.54, 1.807) is 0 Å². The molecule has 0 aromatic heterocycles. The summed E-state index contributed by atoms with van der Waals surface area (Å²) in [6.07, 6.45) is 0.897. The van der Waals surface area contributed by atoms with Gasteiger partial charge in [0.05, 0.1) is 5.71 Å². The summed E-state index contributed by atoms with van der Waals surface area (Å²) < 4.78 is 0. The Balaban J connectivity index is 2.62. The number of nitrogens with zero attached hydrogens (tertiary/aromatic N) is 2. The van der Waals surface area contributed by atoms with Crippen LogP contribution >= 0.6 is 0 Å². The number of piperidine rings is 1. The molecule has 1 aliphatic rings. The standard InChI is InChI=1S/C8H16N2O/c1-6-5-10(3)7(2)4-8(6)9-11/h6-7,11H,4-5H2,1-3H3/b9-8+/t6-,7+/m1/s1. The van der Waals surface area contributed by atoms with E-state index in [-0.39, 0.29) is 0 Å². The lowest BCUT2D eigenvalue weighted by Gasteiger charge is -2.33. The van der Waals surface area contributed by atoms with Gasteiger partial charge in [0, 0.05) is 24.9 Å². The smallest absolute Gasteiger partial charge is 0.0627 e. The average molecular weight is 156 g/mol. The molecule has 0 aliphatic carbocycles. The lowest BCUT2D eigenvalue weighted by Crippen LogP contribution is -2.42. The first-order valence-corrected chi connectivity index (χ1v) is 4.06. The summed E-state index contributed by atoms with van der Waals surface area (Å²) in [6, 6.07) is 0.511. The number of hydrogen-bond donors (Lipinski definition) is 1. The van der Waals surface area contributed by atoms with Crippen LogP contribution in [-0.2, 0) is 0 Å². The van der Waals surface area contributed by atoms with Crippen molar-refractivity contribution in [1.29, 1.82) is 0 Å². The van der Waals surface area contributed by atoms with E-state index in [2.05, 4.69) is 31.0 Å². The van der Waals surface area contributed by atoms with Gasteiger partial charge in [-0.15, -0.1) is 0 Å². The topological polar surface area (TPSA) is 35.8 Å². The van der Waals surface area contributed by atoms with Gasteiger partial charge in [0.1, 0.15) is 0 Å². The highest BCUT2D eigenvalue weighted by Gasteiger charge is 2.25. The fraction of sp³-hybridized carbons (Fsp3) is 0.875. The van der Waals surface area contributed by atoms with Gasteiger partial charge < -0.3 is 10.1 Å². The van der Waals surface area contributed by atoms with Gasteiger partial charge in [-0.05, 0) is 14.0 Å². The van der Waals surface area contributed by atoms with Gasteiger partial charge in [-0.2, -0.15) is 0 Å². The zero-order valence-electron chi connectivity index (χ0n) is 7.41. The van der Waals surface area contributed by atoms with Crippen LogP contribution in [-0.4, -0.2) is 35.5 Å². The summed E-state index contributed by atoms with van der Waals surface area (Å²) in [7, 11) is 2.11. The largest absolute Gasteiger partial charge is 0.411 e. The van der Waals surface area contributed by atoms with E-state index in [0.717, 1.165) is 18.7 Å². The van der Waals surface area contributed by atoms with E-state index in [9.17, 15) is 0 Å². The molecule has 1 fully saturated rings. The Morgan fingerprint density at radius 3 is 2.73 bits per heavy atom. The van der Waals surface area contributed by atoms with E-state index >= 15 is 0 Å². The van der Waals surface area contributed by atoms with Crippen molar-refractivity contribution < 1.29 is 5.21 Å². The normalized spacial score (nSPS) is 37.9. The first kappa shape index (κ1) is 8.53. The maximum Gasteiger partial charge on any atom is 0.0627 e. The minimum Gasteiger partial charge on any atom is -0.411 e. The molecule has 0 aromatic rings. The molecule has 0 spiro atoms. The number of rotatable bonds is 0. The predicted molar refractivity (Wildman–Crippen MR) is 45.1 cm³/mol. The lowest BCUT2D eigenvalue weighted by molar-refractivity contribution is 0.216. The van der Waals surface area contributed by atoms with Crippen molar-refractivity contribution in [3.63, 3.8) is 0 Å². The molecular weight excluding hydrogens is 140 g/mol. The predicted octanol–water partition coefficient (Wildman–Crippen LogP) is 1.18. The molecule has 64 valence electrons. The number of likely N-dealkylation sites (tertiary alicyclic amines) is 1. The second kappa shape index (κ2) is 3.22. The van der Waals surface area contributed by atoms with Crippen molar-refractivity contribution in [2.75, 3.05) is 13.6 Å². The summed E-state index contributed by atoms with van der Waals surface area (Å²) in [5, 5.41) is 11.9. The monoisotopic (exact) mass is 156 g/mol. The van der Waals surface area contributed by atoms with Crippen LogP contribution in [0.5, 0.6) is 0 Å². The van der Waals surface area contributed by atoms with Crippen molar-refractivity contribution in [3.8, 4) is 0 Å². The van der Waals surface area contributed by atoms with Crippen molar-refractivity contribution in [2.45, 2.75) is 26.3 Å². The van der Waals surface area contributed by atoms with Gasteiger partial charge in [0.25, 0.3) is 0 Å². The van der Waals surface area contributed by atoms with Crippen LogP contribution in [0.2, 0.25) is 0 Å². The van der Waals surface area contributed by atoms with Gasteiger partial charge in [0.2, 0.25) is 0 Å². The highest BCUT2D eigenvalue weighted by Crippen LogP contribution is 2.17. The van der Waals surface area contributed by atoms with Crippen LogP contribution in [0.4, 0.5) is 0 Å². The highest BCUT2D eigenvalue weighted by atomic mass is 16.4. The summed E-state index contributed by atoms with van der Waals surface area (Å²) >= 11 is 0. The molecule has 0 bridgehead atoms. The molecule has 1 rings (SSSR count). The van der Waals surface area contributed by atoms with Crippen LogP contribution in [0.25, 0.3) is 0 Å². The summed E-state index contributed by atoms with van der Waals surface area (Å²) in [4.78, 5) is 2.29. The fourth-order valence-corrected chi connectivity index (χ4v) is 1.52.